The van der Waals surface area contributed by atoms with Gasteiger partial charge in [0.1, 0.15) is 4.21 Å². The molecule has 2 heterocycles. The van der Waals surface area contributed by atoms with Gasteiger partial charge in [0, 0.05) is 19.3 Å². The zero-order valence-corrected chi connectivity index (χ0v) is 24.6. The number of carbonyl (C=O) groups excluding carboxylic acids is 2. The van der Waals surface area contributed by atoms with E-state index in [-0.39, 0.29) is 39.3 Å². The van der Waals surface area contributed by atoms with Crippen molar-refractivity contribution in [1.29, 1.82) is 0 Å². The Hall–Kier alpha value is -3.32. The highest BCUT2D eigenvalue weighted by atomic mass is 35.5. The second-order valence-corrected chi connectivity index (χ2v) is 12.7. The number of aromatic nitrogens is 1. The van der Waals surface area contributed by atoms with E-state index in [0.29, 0.717) is 10.6 Å². The summed E-state index contributed by atoms with van der Waals surface area (Å²) >= 11 is 13.4. The number of hydrogen-bond acceptors (Lipinski definition) is 7. The van der Waals surface area contributed by atoms with Gasteiger partial charge in [0.2, 0.25) is 10.0 Å². The first kappa shape index (κ1) is 30.6. The number of halogens is 2. The van der Waals surface area contributed by atoms with Crippen LogP contribution < -0.4 is 15.4 Å². The molecule has 0 spiro atoms. The molecule has 0 aliphatic rings. The molecular weight excluding hydrogens is 607 g/mol. The van der Waals surface area contributed by atoms with Crippen molar-refractivity contribution < 1.29 is 23.1 Å². The predicted molar refractivity (Wildman–Crippen MR) is 160 cm³/mol. The van der Waals surface area contributed by atoms with Crippen molar-refractivity contribution in [2.45, 2.75) is 22.8 Å². The molecule has 1 unspecified atom stereocenters. The number of rotatable bonds is 12. The third kappa shape index (κ3) is 8.13. The molecule has 0 aliphatic carbocycles. The summed E-state index contributed by atoms with van der Waals surface area (Å²) in [6, 6.07) is 21.1. The maximum atomic E-state index is 13.0. The molecule has 2 aromatic heterocycles. The van der Waals surface area contributed by atoms with Gasteiger partial charge < -0.3 is 15.7 Å². The molecule has 0 saturated heterocycles. The summed E-state index contributed by atoms with van der Waals surface area (Å²) in [4.78, 5) is 30.8. The van der Waals surface area contributed by atoms with Gasteiger partial charge in [-0.1, -0.05) is 65.7 Å². The third-order valence-corrected chi connectivity index (χ3v) is 9.62. The molecule has 4 rings (SSSR count). The quantitative estimate of drug-likeness (QED) is 0.175. The molecule has 2 aromatic carbocycles. The third-order valence-electron chi connectivity index (χ3n) is 5.93. The summed E-state index contributed by atoms with van der Waals surface area (Å²) in [6.45, 7) is -0.224. The number of benzene rings is 2. The highest BCUT2D eigenvalue weighted by Gasteiger charge is 2.29. The Morgan fingerprint density at radius 2 is 1.61 bits per heavy atom. The fraction of sp³-hybridized carbons (Fsp3) is 0.179. The molecule has 4 aromatic rings. The first-order chi connectivity index (χ1) is 19.7. The highest BCUT2D eigenvalue weighted by molar-refractivity contribution is 7.91. The Labute approximate surface area is 251 Å². The van der Waals surface area contributed by atoms with Gasteiger partial charge in [-0.2, -0.15) is 0 Å². The van der Waals surface area contributed by atoms with Crippen LogP contribution in [0.4, 0.5) is 0 Å². The van der Waals surface area contributed by atoms with Gasteiger partial charge in [-0.25, -0.2) is 13.1 Å². The summed E-state index contributed by atoms with van der Waals surface area (Å²) in [5.41, 5.74) is 1.45. The number of aliphatic hydroxyl groups is 1. The Kier molecular flexibility index (Phi) is 10.5. The van der Waals surface area contributed by atoms with Crippen LogP contribution in [-0.4, -0.2) is 55.6 Å². The Bertz CT molecular complexity index is 1580. The molecule has 0 radical (unpaired) electrons. The number of carbonyl (C=O) groups is 2. The molecule has 0 saturated carbocycles. The summed E-state index contributed by atoms with van der Waals surface area (Å²) in [7, 11) is -3.83. The lowest BCUT2D eigenvalue weighted by Gasteiger charge is -2.24. The molecule has 2 atom stereocenters. The van der Waals surface area contributed by atoms with E-state index in [2.05, 4.69) is 20.3 Å². The Morgan fingerprint density at radius 3 is 2.29 bits per heavy atom. The van der Waals surface area contributed by atoms with Gasteiger partial charge in [-0.3, -0.25) is 14.6 Å². The number of hydrogen-bond donors (Lipinski definition) is 4. The Balaban J connectivity index is 1.37. The fourth-order valence-corrected chi connectivity index (χ4v) is 6.83. The smallest absolute Gasteiger partial charge is 0.254 e. The summed E-state index contributed by atoms with van der Waals surface area (Å²) in [6.07, 6.45) is 0.1000. The number of pyridine rings is 1. The average molecular weight is 634 g/mol. The van der Waals surface area contributed by atoms with Crippen molar-refractivity contribution in [3.05, 3.63) is 106 Å². The molecule has 0 aliphatic heterocycles. The maximum Gasteiger partial charge on any atom is 0.254 e. The number of amides is 2. The van der Waals surface area contributed by atoms with Crippen molar-refractivity contribution in [3.8, 4) is 10.6 Å². The number of aliphatic hydroxyl groups excluding tert-OH is 1. The van der Waals surface area contributed by atoms with E-state index >= 15 is 0 Å². The lowest BCUT2D eigenvalue weighted by Crippen LogP contribution is -2.52. The van der Waals surface area contributed by atoms with E-state index < -0.39 is 34.0 Å². The highest BCUT2D eigenvalue weighted by Crippen LogP contribution is 2.29. The van der Waals surface area contributed by atoms with E-state index in [1.54, 1.807) is 54.7 Å². The molecule has 214 valence electrons. The van der Waals surface area contributed by atoms with E-state index in [1.165, 1.54) is 18.2 Å². The second kappa shape index (κ2) is 14.0. The van der Waals surface area contributed by atoms with Crippen LogP contribution in [0.25, 0.3) is 10.6 Å². The number of thiophene rings is 1. The standard InChI is InChI=1S/C28H26Cl2N4O5S2/c29-19-9-6-10-20(30)25(19)27(36)34-22(17-18-7-2-1-3-8-18)26(35)28(37)32-15-16-33-41(38,39)24-13-12-23(40-24)21-11-4-5-14-31-21/h1-14,22,26,33,35H,15-17H2,(H,32,37)(H,34,36)/t22-,26?/m0/s1. The van der Waals surface area contributed by atoms with Gasteiger partial charge in [0.05, 0.1) is 32.2 Å². The lowest BCUT2D eigenvalue weighted by molar-refractivity contribution is -0.130. The van der Waals surface area contributed by atoms with Crippen molar-refractivity contribution in [2.75, 3.05) is 13.1 Å². The van der Waals surface area contributed by atoms with Crippen LogP contribution in [0.1, 0.15) is 15.9 Å². The largest absolute Gasteiger partial charge is 0.381 e. The van der Waals surface area contributed by atoms with Crippen molar-refractivity contribution in [2.24, 2.45) is 0 Å². The predicted octanol–water partition coefficient (Wildman–Crippen LogP) is 3.91. The van der Waals surface area contributed by atoms with Crippen LogP contribution in [0.2, 0.25) is 10.0 Å². The molecule has 0 fully saturated rings. The average Bonchev–Trinajstić information content (AvgIpc) is 3.47. The van der Waals surface area contributed by atoms with E-state index in [0.717, 1.165) is 16.9 Å². The second-order valence-electron chi connectivity index (χ2n) is 8.83. The minimum atomic E-state index is -3.83. The zero-order chi connectivity index (χ0) is 29.4. The zero-order valence-electron chi connectivity index (χ0n) is 21.5. The summed E-state index contributed by atoms with van der Waals surface area (Å²) in [5.74, 6) is -1.44. The SMILES string of the molecule is O=C(N[C@@H](Cc1ccccc1)C(O)C(=O)NCCNS(=O)(=O)c1ccc(-c2ccccn2)s1)c1c(Cl)cccc1Cl. The van der Waals surface area contributed by atoms with Gasteiger partial charge in [-0.05, 0) is 48.4 Å². The van der Waals surface area contributed by atoms with Gasteiger partial charge in [0.25, 0.3) is 11.8 Å². The summed E-state index contributed by atoms with van der Waals surface area (Å²) in [5, 5.41) is 16.3. The molecule has 13 heteroatoms. The summed E-state index contributed by atoms with van der Waals surface area (Å²) < 4.78 is 28.0. The number of nitrogens with one attached hydrogen (secondary N) is 3. The molecule has 9 nitrogen and oxygen atoms in total. The lowest BCUT2D eigenvalue weighted by atomic mass is 10.00. The van der Waals surface area contributed by atoms with Gasteiger partial charge in [-0.15, -0.1) is 11.3 Å². The molecule has 4 N–H and O–H groups in total. The molecule has 0 bridgehead atoms. The van der Waals surface area contributed by atoms with Gasteiger partial charge >= 0.3 is 0 Å². The minimum absolute atomic E-state index is 0.0238. The first-order valence-electron chi connectivity index (χ1n) is 12.4. The van der Waals surface area contributed by atoms with Crippen molar-refractivity contribution in [3.63, 3.8) is 0 Å². The first-order valence-corrected chi connectivity index (χ1v) is 15.5. The minimum Gasteiger partial charge on any atom is -0.381 e. The van der Waals surface area contributed by atoms with Crippen LogP contribution in [0.5, 0.6) is 0 Å². The van der Waals surface area contributed by atoms with E-state index in [4.69, 9.17) is 23.2 Å². The topological polar surface area (TPSA) is 137 Å². The van der Waals surface area contributed by atoms with Crippen LogP contribution in [0.15, 0.2) is 89.3 Å². The van der Waals surface area contributed by atoms with Gasteiger partial charge in [0.15, 0.2) is 6.10 Å². The van der Waals surface area contributed by atoms with Crippen molar-refractivity contribution in [1.82, 2.24) is 20.3 Å². The molecule has 2 amide bonds. The fourth-order valence-electron chi connectivity index (χ4n) is 3.91. The monoisotopic (exact) mass is 632 g/mol. The van der Waals surface area contributed by atoms with Crippen LogP contribution >= 0.6 is 34.5 Å². The maximum absolute atomic E-state index is 13.0. The normalized spacial score (nSPS) is 12.9. The van der Waals surface area contributed by atoms with Crippen LogP contribution in [0, 0.1) is 0 Å². The van der Waals surface area contributed by atoms with E-state index in [1.807, 2.05) is 12.1 Å². The Morgan fingerprint density at radius 1 is 0.902 bits per heavy atom. The van der Waals surface area contributed by atoms with Crippen molar-refractivity contribution >= 4 is 56.4 Å². The number of nitrogens with zero attached hydrogens (tertiary/aromatic N) is 1. The van der Waals surface area contributed by atoms with Crippen LogP contribution in [-0.2, 0) is 21.2 Å². The van der Waals surface area contributed by atoms with E-state index in [9.17, 15) is 23.1 Å². The molecular formula is C28H26Cl2N4O5S2. The van der Waals surface area contributed by atoms with Crippen LogP contribution in [0.3, 0.4) is 0 Å². The molecule has 41 heavy (non-hydrogen) atoms. The number of sulfonamides is 1.